The average molecular weight is 351 g/mol. The highest BCUT2D eigenvalue weighted by Gasteiger charge is 2.12. The van der Waals surface area contributed by atoms with Crippen LogP contribution in [0.15, 0.2) is 47.1 Å². The molecular formula is C21H21NO4. The Morgan fingerprint density at radius 1 is 1.08 bits per heavy atom. The Kier molecular flexibility index (Phi) is 5.07. The third-order valence-corrected chi connectivity index (χ3v) is 4.49. The summed E-state index contributed by atoms with van der Waals surface area (Å²) in [5.41, 5.74) is 5.41. The Bertz CT molecular complexity index is 954. The molecule has 26 heavy (non-hydrogen) atoms. The molecule has 0 radical (unpaired) electrons. The predicted octanol–water partition coefficient (Wildman–Crippen LogP) is 3.70. The second-order valence-corrected chi connectivity index (χ2v) is 6.34. The maximum absolute atomic E-state index is 12.3. The number of methoxy groups -OCH3 is 1. The lowest BCUT2D eigenvalue weighted by Gasteiger charge is -2.06. The lowest BCUT2D eigenvalue weighted by atomic mass is 10.0. The van der Waals surface area contributed by atoms with Crippen LogP contribution < -0.4 is 5.32 Å². The fourth-order valence-corrected chi connectivity index (χ4v) is 2.79. The van der Waals surface area contributed by atoms with Crippen molar-refractivity contribution in [3.8, 4) is 0 Å². The molecule has 1 amide bonds. The first-order valence-corrected chi connectivity index (χ1v) is 8.39. The molecule has 5 heteroatoms. The number of hydrogen-bond donors (Lipinski definition) is 1. The maximum atomic E-state index is 12.3. The van der Waals surface area contributed by atoms with Gasteiger partial charge < -0.3 is 14.5 Å². The van der Waals surface area contributed by atoms with E-state index >= 15 is 0 Å². The molecule has 0 atom stereocenters. The van der Waals surface area contributed by atoms with Crippen LogP contribution in [-0.4, -0.2) is 19.0 Å². The average Bonchev–Trinajstić information content (AvgIpc) is 3.01. The van der Waals surface area contributed by atoms with Crippen LogP contribution in [0.3, 0.4) is 0 Å². The molecule has 0 aliphatic carbocycles. The van der Waals surface area contributed by atoms with Crippen molar-refractivity contribution in [2.24, 2.45) is 0 Å². The summed E-state index contributed by atoms with van der Waals surface area (Å²) in [6.07, 6.45) is 1.91. The van der Waals surface area contributed by atoms with Crippen LogP contribution in [0.4, 0.5) is 0 Å². The minimum absolute atomic E-state index is 0.0806. The van der Waals surface area contributed by atoms with Crippen molar-refractivity contribution in [2.45, 2.75) is 26.8 Å². The van der Waals surface area contributed by atoms with Crippen molar-refractivity contribution in [1.29, 1.82) is 0 Å². The highest BCUT2D eigenvalue weighted by molar-refractivity contribution is 5.89. The molecule has 1 heterocycles. The first-order chi connectivity index (χ1) is 12.5. The van der Waals surface area contributed by atoms with Gasteiger partial charge in [-0.15, -0.1) is 0 Å². The molecular weight excluding hydrogens is 330 g/mol. The second kappa shape index (κ2) is 7.44. The molecule has 0 bridgehead atoms. The molecule has 5 nitrogen and oxygen atoms in total. The summed E-state index contributed by atoms with van der Waals surface area (Å²) >= 11 is 0. The van der Waals surface area contributed by atoms with Gasteiger partial charge in [0, 0.05) is 17.5 Å². The minimum Gasteiger partial charge on any atom is -0.465 e. The first-order valence-electron chi connectivity index (χ1n) is 8.39. The van der Waals surface area contributed by atoms with Crippen LogP contribution in [0.2, 0.25) is 0 Å². The standard InChI is InChI=1S/C21H21NO4/c1-13-8-18-17(12-26-19(18)9-14(13)2)10-20(23)22-11-15-4-6-16(7-5-15)21(24)25-3/h4-9,12H,10-11H2,1-3H3,(H,22,23). The third-order valence-electron chi connectivity index (χ3n) is 4.49. The van der Waals surface area contributed by atoms with Gasteiger partial charge in [0.1, 0.15) is 5.58 Å². The summed E-state index contributed by atoms with van der Waals surface area (Å²) < 4.78 is 10.2. The van der Waals surface area contributed by atoms with E-state index < -0.39 is 0 Å². The molecule has 134 valence electrons. The molecule has 2 aromatic carbocycles. The van der Waals surface area contributed by atoms with E-state index in [-0.39, 0.29) is 18.3 Å². The Morgan fingerprint density at radius 3 is 2.46 bits per heavy atom. The van der Waals surface area contributed by atoms with Crippen LogP contribution >= 0.6 is 0 Å². The number of carbonyl (C=O) groups is 2. The zero-order chi connectivity index (χ0) is 18.7. The number of ether oxygens (including phenoxy) is 1. The van der Waals surface area contributed by atoms with Gasteiger partial charge in [0.05, 0.1) is 25.4 Å². The van der Waals surface area contributed by atoms with Crippen LogP contribution in [0.5, 0.6) is 0 Å². The summed E-state index contributed by atoms with van der Waals surface area (Å²) in [6.45, 7) is 4.48. The fourth-order valence-electron chi connectivity index (χ4n) is 2.79. The highest BCUT2D eigenvalue weighted by Crippen LogP contribution is 2.25. The summed E-state index contributed by atoms with van der Waals surface area (Å²) in [7, 11) is 1.35. The quantitative estimate of drug-likeness (QED) is 0.712. The number of fused-ring (bicyclic) bond motifs is 1. The lowest BCUT2D eigenvalue weighted by molar-refractivity contribution is -0.120. The third kappa shape index (κ3) is 3.77. The topological polar surface area (TPSA) is 68.5 Å². The monoisotopic (exact) mass is 351 g/mol. The Balaban J connectivity index is 1.63. The normalized spacial score (nSPS) is 10.7. The maximum Gasteiger partial charge on any atom is 0.337 e. The first kappa shape index (κ1) is 17.7. The molecule has 0 aliphatic rings. The van der Waals surface area contributed by atoms with E-state index in [4.69, 9.17) is 4.42 Å². The number of hydrogen-bond acceptors (Lipinski definition) is 4. The van der Waals surface area contributed by atoms with Gasteiger partial charge in [0.15, 0.2) is 0 Å². The van der Waals surface area contributed by atoms with Crippen LogP contribution in [0, 0.1) is 13.8 Å². The number of benzene rings is 2. The predicted molar refractivity (Wildman–Crippen MR) is 99.0 cm³/mol. The van der Waals surface area contributed by atoms with E-state index in [1.807, 2.05) is 19.9 Å². The van der Waals surface area contributed by atoms with Gasteiger partial charge in [-0.05, 0) is 54.8 Å². The van der Waals surface area contributed by atoms with Gasteiger partial charge in [-0.3, -0.25) is 4.79 Å². The fraction of sp³-hybridized carbons (Fsp3) is 0.238. The van der Waals surface area contributed by atoms with Crippen LogP contribution in [-0.2, 0) is 22.5 Å². The smallest absolute Gasteiger partial charge is 0.337 e. The van der Waals surface area contributed by atoms with Crippen LogP contribution in [0.1, 0.15) is 32.6 Å². The van der Waals surface area contributed by atoms with Gasteiger partial charge in [-0.25, -0.2) is 4.79 Å². The molecule has 3 aromatic rings. The van der Waals surface area contributed by atoms with Gasteiger partial charge in [0.25, 0.3) is 0 Å². The zero-order valence-corrected chi connectivity index (χ0v) is 15.1. The SMILES string of the molecule is COC(=O)c1ccc(CNC(=O)Cc2coc3cc(C)c(C)cc23)cc1. The molecule has 0 fully saturated rings. The van der Waals surface area contributed by atoms with E-state index in [9.17, 15) is 9.59 Å². The molecule has 0 saturated carbocycles. The van der Waals surface area contributed by atoms with Crippen LogP contribution in [0.25, 0.3) is 11.0 Å². The van der Waals surface area contributed by atoms with E-state index in [2.05, 4.69) is 16.1 Å². The van der Waals surface area contributed by atoms with Crippen molar-refractivity contribution >= 4 is 22.8 Å². The molecule has 0 aliphatic heterocycles. The highest BCUT2D eigenvalue weighted by atomic mass is 16.5. The van der Waals surface area contributed by atoms with Gasteiger partial charge in [0.2, 0.25) is 5.91 Å². The van der Waals surface area contributed by atoms with Crippen molar-refractivity contribution < 1.29 is 18.7 Å². The van der Waals surface area contributed by atoms with Gasteiger partial charge in [-0.2, -0.15) is 0 Å². The number of furan rings is 1. The molecule has 0 spiro atoms. The second-order valence-electron chi connectivity index (χ2n) is 6.34. The molecule has 1 aromatic heterocycles. The van der Waals surface area contributed by atoms with Crippen molar-refractivity contribution in [3.05, 3.63) is 70.5 Å². The van der Waals surface area contributed by atoms with Crippen molar-refractivity contribution in [1.82, 2.24) is 5.32 Å². The zero-order valence-electron chi connectivity index (χ0n) is 15.1. The number of nitrogens with one attached hydrogen (secondary N) is 1. The van der Waals surface area contributed by atoms with E-state index in [1.54, 1.807) is 30.5 Å². The summed E-state index contributed by atoms with van der Waals surface area (Å²) in [5, 5.41) is 3.87. The summed E-state index contributed by atoms with van der Waals surface area (Å²) in [4.78, 5) is 23.7. The Morgan fingerprint density at radius 2 is 1.77 bits per heavy atom. The van der Waals surface area contributed by atoms with Gasteiger partial charge >= 0.3 is 5.97 Å². The molecule has 0 saturated heterocycles. The Labute approximate surface area is 152 Å². The van der Waals surface area contributed by atoms with Crippen molar-refractivity contribution in [2.75, 3.05) is 7.11 Å². The number of aryl methyl sites for hydroxylation is 2. The summed E-state index contributed by atoms with van der Waals surface area (Å²) in [6, 6.07) is 11.0. The number of amides is 1. The summed E-state index contributed by atoms with van der Waals surface area (Å²) in [5.74, 6) is -0.457. The van der Waals surface area contributed by atoms with Crippen molar-refractivity contribution in [3.63, 3.8) is 0 Å². The number of carbonyl (C=O) groups excluding carboxylic acids is 2. The molecule has 3 rings (SSSR count). The largest absolute Gasteiger partial charge is 0.465 e. The van der Waals surface area contributed by atoms with E-state index in [1.165, 1.54) is 18.2 Å². The van der Waals surface area contributed by atoms with E-state index in [0.717, 1.165) is 22.1 Å². The molecule has 0 unspecified atom stereocenters. The van der Waals surface area contributed by atoms with E-state index in [0.29, 0.717) is 12.1 Å². The minimum atomic E-state index is -0.377. The molecule has 1 N–H and O–H groups in total. The number of rotatable bonds is 5. The number of esters is 1. The van der Waals surface area contributed by atoms with Gasteiger partial charge in [-0.1, -0.05) is 12.1 Å². The Hall–Kier alpha value is -3.08. The lowest BCUT2D eigenvalue weighted by Crippen LogP contribution is -2.24.